The highest BCUT2D eigenvalue weighted by atomic mass is 79.9. The van der Waals surface area contributed by atoms with E-state index in [0.29, 0.717) is 12.2 Å². The second-order valence-electron chi connectivity index (χ2n) is 3.58. The first-order valence-electron chi connectivity index (χ1n) is 5.10. The Kier molecular flexibility index (Phi) is 3.91. The average Bonchev–Trinajstić information content (AvgIpc) is 2.72. The molecule has 5 heteroatoms. The van der Waals surface area contributed by atoms with Crippen molar-refractivity contribution >= 4 is 33.2 Å². The minimum absolute atomic E-state index is 0.141. The average molecular weight is 311 g/mol. The molecule has 0 radical (unpaired) electrons. The maximum absolute atomic E-state index is 11.8. The van der Waals surface area contributed by atoms with Crippen LogP contribution in [0.15, 0.2) is 34.1 Å². The molecular weight excluding hydrogens is 300 g/mol. The van der Waals surface area contributed by atoms with Crippen molar-refractivity contribution in [1.29, 1.82) is 0 Å². The molecule has 0 atom stereocenters. The fourth-order valence-electron chi connectivity index (χ4n) is 1.37. The van der Waals surface area contributed by atoms with Crippen molar-refractivity contribution in [1.82, 2.24) is 10.3 Å². The number of hydrogen-bond acceptors (Lipinski definition) is 3. The van der Waals surface area contributed by atoms with Crippen LogP contribution in [-0.4, -0.2) is 10.9 Å². The molecule has 2 aromatic heterocycles. The van der Waals surface area contributed by atoms with Crippen molar-refractivity contribution in [3.05, 3.63) is 50.4 Å². The largest absolute Gasteiger partial charge is 0.346 e. The normalized spacial score (nSPS) is 10.2. The van der Waals surface area contributed by atoms with E-state index in [1.54, 1.807) is 17.4 Å². The van der Waals surface area contributed by atoms with Gasteiger partial charge in [0.2, 0.25) is 0 Å². The summed E-state index contributed by atoms with van der Waals surface area (Å²) < 4.78 is 1.04. The minimum atomic E-state index is -0.141. The summed E-state index contributed by atoms with van der Waals surface area (Å²) in [6.07, 6.45) is 0. The van der Waals surface area contributed by atoms with Crippen molar-refractivity contribution in [2.24, 2.45) is 0 Å². The molecule has 0 bridgehead atoms. The zero-order valence-electron chi connectivity index (χ0n) is 9.24. The Morgan fingerprint density at radius 1 is 1.53 bits per heavy atom. The van der Waals surface area contributed by atoms with Gasteiger partial charge < -0.3 is 5.32 Å². The maximum Gasteiger partial charge on any atom is 0.270 e. The first-order valence-corrected chi connectivity index (χ1v) is 6.77. The number of thiophene rings is 1. The summed E-state index contributed by atoms with van der Waals surface area (Å²) in [7, 11) is 0. The van der Waals surface area contributed by atoms with Crippen LogP contribution in [0.25, 0.3) is 0 Å². The number of nitrogens with zero attached hydrogens (tertiary/aromatic N) is 1. The lowest BCUT2D eigenvalue weighted by Gasteiger charge is -2.03. The molecule has 2 heterocycles. The van der Waals surface area contributed by atoms with E-state index in [2.05, 4.69) is 26.2 Å². The van der Waals surface area contributed by atoms with Crippen LogP contribution in [0.5, 0.6) is 0 Å². The number of carbonyl (C=O) groups is 1. The number of nitrogens with one attached hydrogen (secondary N) is 1. The first-order chi connectivity index (χ1) is 8.15. The van der Waals surface area contributed by atoms with Gasteiger partial charge in [-0.25, -0.2) is 4.98 Å². The van der Waals surface area contributed by atoms with Gasteiger partial charge in [0.05, 0.1) is 6.54 Å². The molecule has 0 aliphatic rings. The van der Waals surface area contributed by atoms with Crippen LogP contribution < -0.4 is 5.32 Å². The summed E-state index contributed by atoms with van der Waals surface area (Å²) in [5, 5.41) is 4.84. The van der Waals surface area contributed by atoms with Crippen LogP contribution in [0.2, 0.25) is 0 Å². The van der Waals surface area contributed by atoms with Gasteiger partial charge in [-0.15, -0.1) is 11.3 Å². The molecule has 2 aromatic rings. The van der Waals surface area contributed by atoms with E-state index in [1.807, 2.05) is 30.5 Å². The van der Waals surface area contributed by atoms with Crippen molar-refractivity contribution in [2.75, 3.05) is 0 Å². The molecule has 0 saturated heterocycles. The van der Waals surface area contributed by atoms with Gasteiger partial charge in [-0.1, -0.05) is 6.07 Å². The molecule has 0 unspecified atom stereocenters. The van der Waals surface area contributed by atoms with Crippen LogP contribution in [0.4, 0.5) is 0 Å². The number of aromatic nitrogens is 1. The Morgan fingerprint density at radius 2 is 2.35 bits per heavy atom. The Hall–Kier alpha value is -1.20. The van der Waals surface area contributed by atoms with Gasteiger partial charge in [0, 0.05) is 20.4 Å². The highest BCUT2D eigenvalue weighted by molar-refractivity contribution is 9.10. The van der Waals surface area contributed by atoms with E-state index in [-0.39, 0.29) is 5.91 Å². The molecule has 0 fully saturated rings. The summed E-state index contributed by atoms with van der Waals surface area (Å²) in [4.78, 5) is 17.1. The molecule has 0 spiro atoms. The predicted molar refractivity (Wildman–Crippen MR) is 72.2 cm³/mol. The van der Waals surface area contributed by atoms with E-state index in [4.69, 9.17) is 0 Å². The van der Waals surface area contributed by atoms with Crippen LogP contribution in [-0.2, 0) is 6.54 Å². The number of aryl methyl sites for hydroxylation is 1. The number of hydrogen-bond donors (Lipinski definition) is 1. The summed E-state index contributed by atoms with van der Waals surface area (Å²) >= 11 is 4.99. The Morgan fingerprint density at radius 3 is 3.00 bits per heavy atom. The van der Waals surface area contributed by atoms with Gasteiger partial charge in [0.25, 0.3) is 5.91 Å². The van der Waals surface area contributed by atoms with Gasteiger partial charge in [0.1, 0.15) is 5.69 Å². The highest BCUT2D eigenvalue weighted by Crippen LogP contribution is 2.19. The number of rotatable bonds is 3. The topological polar surface area (TPSA) is 42.0 Å². The molecule has 0 aromatic carbocycles. The third-order valence-electron chi connectivity index (χ3n) is 2.17. The number of carbonyl (C=O) groups excluding carboxylic acids is 1. The molecule has 88 valence electrons. The van der Waals surface area contributed by atoms with Crippen molar-refractivity contribution in [3.63, 3.8) is 0 Å². The molecule has 3 nitrogen and oxygen atoms in total. The smallest absolute Gasteiger partial charge is 0.270 e. The summed E-state index contributed by atoms with van der Waals surface area (Å²) in [6.45, 7) is 2.40. The zero-order valence-corrected chi connectivity index (χ0v) is 11.6. The lowest BCUT2D eigenvalue weighted by atomic mass is 10.3. The minimum Gasteiger partial charge on any atom is -0.346 e. The summed E-state index contributed by atoms with van der Waals surface area (Å²) in [5.74, 6) is -0.141. The second kappa shape index (κ2) is 5.42. The predicted octanol–water partition coefficient (Wildman–Crippen LogP) is 3.14. The first kappa shape index (κ1) is 12.3. The van der Waals surface area contributed by atoms with Crippen LogP contribution >= 0.6 is 27.3 Å². The Balaban J connectivity index is 1.98. The third kappa shape index (κ3) is 3.38. The van der Waals surface area contributed by atoms with Gasteiger partial charge in [0.15, 0.2) is 0 Å². The molecule has 0 saturated carbocycles. The molecule has 0 aliphatic heterocycles. The van der Waals surface area contributed by atoms with Crippen LogP contribution in [0.1, 0.15) is 21.1 Å². The Bertz CT molecular complexity index is 539. The van der Waals surface area contributed by atoms with E-state index < -0.39 is 0 Å². The quantitative estimate of drug-likeness (QED) is 0.946. The fourth-order valence-corrected chi connectivity index (χ4v) is 2.76. The third-order valence-corrected chi connectivity index (χ3v) is 3.86. The van der Waals surface area contributed by atoms with Gasteiger partial charge in [-0.2, -0.15) is 0 Å². The van der Waals surface area contributed by atoms with E-state index in [1.165, 1.54) is 0 Å². The maximum atomic E-state index is 11.8. The van der Waals surface area contributed by atoms with Crippen LogP contribution in [0.3, 0.4) is 0 Å². The monoisotopic (exact) mass is 310 g/mol. The Labute approximate surface area is 112 Å². The van der Waals surface area contributed by atoms with Crippen molar-refractivity contribution in [3.8, 4) is 0 Å². The summed E-state index contributed by atoms with van der Waals surface area (Å²) in [5.41, 5.74) is 1.30. The van der Waals surface area contributed by atoms with Gasteiger partial charge >= 0.3 is 0 Å². The van der Waals surface area contributed by atoms with Gasteiger partial charge in [-0.05, 0) is 41.1 Å². The number of amides is 1. The van der Waals surface area contributed by atoms with E-state index in [9.17, 15) is 4.79 Å². The standard InChI is InChI=1S/C12H11BrN2OS/c1-8-3-2-4-11(15-8)12(16)14-6-10-5-9(13)7-17-10/h2-5,7H,6H2,1H3,(H,14,16). The molecule has 0 aliphatic carbocycles. The molecule has 2 rings (SSSR count). The lowest BCUT2D eigenvalue weighted by Crippen LogP contribution is -2.23. The van der Waals surface area contributed by atoms with E-state index >= 15 is 0 Å². The highest BCUT2D eigenvalue weighted by Gasteiger charge is 2.07. The van der Waals surface area contributed by atoms with Crippen molar-refractivity contribution < 1.29 is 4.79 Å². The second-order valence-corrected chi connectivity index (χ2v) is 5.49. The molecule has 1 N–H and O–H groups in total. The molecule has 1 amide bonds. The number of pyridine rings is 1. The zero-order chi connectivity index (χ0) is 12.3. The molecule has 17 heavy (non-hydrogen) atoms. The summed E-state index contributed by atoms with van der Waals surface area (Å²) in [6, 6.07) is 7.41. The molecular formula is C12H11BrN2OS. The van der Waals surface area contributed by atoms with Crippen LogP contribution in [0, 0.1) is 6.92 Å². The van der Waals surface area contributed by atoms with Gasteiger partial charge in [-0.3, -0.25) is 4.79 Å². The number of halogens is 1. The van der Waals surface area contributed by atoms with E-state index in [0.717, 1.165) is 15.0 Å². The van der Waals surface area contributed by atoms with Crippen molar-refractivity contribution in [2.45, 2.75) is 13.5 Å². The lowest BCUT2D eigenvalue weighted by molar-refractivity contribution is 0.0946. The fraction of sp³-hybridized carbons (Fsp3) is 0.167. The SMILES string of the molecule is Cc1cccc(C(=O)NCc2cc(Br)cs2)n1.